The second-order valence-electron chi connectivity index (χ2n) is 3.15. The Morgan fingerprint density at radius 3 is 2.47 bits per heavy atom. The summed E-state index contributed by atoms with van der Waals surface area (Å²) in [5, 5.41) is 2.11. The summed E-state index contributed by atoms with van der Waals surface area (Å²) in [5.74, 6) is 0. The minimum Gasteiger partial charge on any atom is -0.147 e. The van der Waals surface area contributed by atoms with E-state index in [4.69, 9.17) is 0 Å². The van der Waals surface area contributed by atoms with Gasteiger partial charge in [0.15, 0.2) is 0 Å². The standard InChI is InChI=1S/C12H11BrS2/c1-14-10-6-4-9(5-7-10)12(13)11-3-2-8-15-11/h2-8,12H,1H3. The molecule has 1 heterocycles. The normalized spacial score (nSPS) is 12.7. The predicted octanol–water partition coefficient (Wildman–Crippen LogP) is 4.95. The maximum absolute atomic E-state index is 3.72. The van der Waals surface area contributed by atoms with Gasteiger partial charge in [0.2, 0.25) is 0 Å². The van der Waals surface area contributed by atoms with Gasteiger partial charge in [-0.2, -0.15) is 0 Å². The summed E-state index contributed by atoms with van der Waals surface area (Å²) in [6.45, 7) is 0. The van der Waals surface area contributed by atoms with Crippen LogP contribution in [0.15, 0.2) is 46.7 Å². The highest BCUT2D eigenvalue weighted by atomic mass is 79.9. The van der Waals surface area contributed by atoms with Gasteiger partial charge in [0.25, 0.3) is 0 Å². The Kier molecular flexibility index (Phi) is 3.89. The van der Waals surface area contributed by atoms with Crippen LogP contribution in [-0.2, 0) is 0 Å². The largest absolute Gasteiger partial charge is 0.147 e. The minimum atomic E-state index is 0.327. The lowest BCUT2D eigenvalue weighted by Gasteiger charge is -2.08. The van der Waals surface area contributed by atoms with Crippen LogP contribution in [0.1, 0.15) is 15.3 Å². The number of thiophene rings is 1. The van der Waals surface area contributed by atoms with Gasteiger partial charge in [-0.1, -0.05) is 34.1 Å². The molecule has 0 nitrogen and oxygen atoms in total. The number of rotatable bonds is 3. The van der Waals surface area contributed by atoms with E-state index >= 15 is 0 Å². The Balaban J connectivity index is 2.22. The SMILES string of the molecule is CSc1ccc(C(Br)c2cccs2)cc1. The van der Waals surface area contributed by atoms with Crippen LogP contribution in [0.25, 0.3) is 0 Å². The quantitative estimate of drug-likeness (QED) is 0.570. The van der Waals surface area contributed by atoms with Gasteiger partial charge in [0, 0.05) is 9.77 Å². The molecule has 0 bridgehead atoms. The monoisotopic (exact) mass is 298 g/mol. The van der Waals surface area contributed by atoms with Crippen LogP contribution in [0.5, 0.6) is 0 Å². The minimum absolute atomic E-state index is 0.327. The number of benzene rings is 1. The Hall–Kier alpha value is -0.250. The molecule has 2 aromatic rings. The lowest BCUT2D eigenvalue weighted by molar-refractivity contribution is 1.21. The van der Waals surface area contributed by atoms with E-state index in [-0.39, 0.29) is 0 Å². The van der Waals surface area contributed by atoms with E-state index < -0.39 is 0 Å². The van der Waals surface area contributed by atoms with E-state index in [1.807, 2.05) is 0 Å². The van der Waals surface area contributed by atoms with E-state index in [1.54, 1.807) is 23.1 Å². The van der Waals surface area contributed by atoms with E-state index in [2.05, 4.69) is 64.0 Å². The summed E-state index contributed by atoms with van der Waals surface area (Å²) in [5.41, 5.74) is 1.32. The summed E-state index contributed by atoms with van der Waals surface area (Å²) in [6.07, 6.45) is 2.10. The molecule has 0 N–H and O–H groups in total. The van der Waals surface area contributed by atoms with Crippen molar-refractivity contribution in [2.45, 2.75) is 9.72 Å². The lowest BCUT2D eigenvalue weighted by atomic mass is 10.1. The van der Waals surface area contributed by atoms with Crippen LogP contribution >= 0.6 is 39.0 Å². The van der Waals surface area contributed by atoms with E-state index in [0.29, 0.717) is 4.83 Å². The van der Waals surface area contributed by atoms with Gasteiger partial charge in [0.1, 0.15) is 0 Å². The zero-order valence-electron chi connectivity index (χ0n) is 8.31. The Morgan fingerprint density at radius 2 is 1.93 bits per heavy atom. The van der Waals surface area contributed by atoms with E-state index in [0.717, 1.165) is 0 Å². The highest BCUT2D eigenvalue weighted by Crippen LogP contribution is 2.34. The fourth-order valence-corrected chi connectivity index (χ4v) is 3.29. The van der Waals surface area contributed by atoms with E-state index in [9.17, 15) is 0 Å². The molecule has 1 atom stereocenters. The molecule has 0 saturated carbocycles. The van der Waals surface area contributed by atoms with Crippen molar-refractivity contribution in [1.29, 1.82) is 0 Å². The fourth-order valence-electron chi connectivity index (χ4n) is 1.37. The molecule has 1 aromatic carbocycles. The molecule has 0 aliphatic rings. The molecule has 2 rings (SSSR count). The molecular formula is C12H11BrS2. The first kappa shape index (κ1) is 11.2. The average molecular weight is 299 g/mol. The molecule has 0 spiro atoms. The van der Waals surface area contributed by atoms with Crippen LogP contribution < -0.4 is 0 Å². The van der Waals surface area contributed by atoms with Gasteiger partial charge in [-0.05, 0) is 35.4 Å². The maximum Gasteiger partial charge on any atom is 0.0738 e. The Labute approximate surface area is 107 Å². The number of alkyl halides is 1. The third-order valence-corrected chi connectivity index (χ3v) is 5.21. The molecule has 0 saturated heterocycles. The van der Waals surface area contributed by atoms with Crippen molar-refractivity contribution in [3.63, 3.8) is 0 Å². The first-order valence-electron chi connectivity index (χ1n) is 4.62. The smallest absolute Gasteiger partial charge is 0.0738 e. The summed E-state index contributed by atoms with van der Waals surface area (Å²) in [7, 11) is 0. The van der Waals surface area contributed by atoms with Crippen molar-refractivity contribution in [2.24, 2.45) is 0 Å². The summed E-state index contributed by atoms with van der Waals surface area (Å²) >= 11 is 7.28. The van der Waals surface area contributed by atoms with Crippen molar-refractivity contribution in [3.05, 3.63) is 52.2 Å². The fraction of sp³-hybridized carbons (Fsp3) is 0.167. The Bertz CT molecular complexity index is 406. The summed E-state index contributed by atoms with van der Waals surface area (Å²) < 4.78 is 0. The molecule has 1 aromatic heterocycles. The highest BCUT2D eigenvalue weighted by Gasteiger charge is 2.10. The van der Waals surface area contributed by atoms with Crippen LogP contribution in [0.4, 0.5) is 0 Å². The molecule has 15 heavy (non-hydrogen) atoms. The van der Waals surface area contributed by atoms with Crippen molar-refractivity contribution in [2.75, 3.05) is 6.26 Å². The molecule has 78 valence electrons. The number of thioether (sulfide) groups is 1. The molecule has 3 heteroatoms. The van der Waals surface area contributed by atoms with Crippen LogP contribution in [0, 0.1) is 0 Å². The van der Waals surface area contributed by atoms with Gasteiger partial charge >= 0.3 is 0 Å². The van der Waals surface area contributed by atoms with Gasteiger partial charge in [-0.15, -0.1) is 23.1 Å². The van der Waals surface area contributed by atoms with Crippen LogP contribution in [-0.4, -0.2) is 6.26 Å². The van der Waals surface area contributed by atoms with Crippen molar-refractivity contribution >= 4 is 39.0 Å². The average Bonchev–Trinajstić information content (AvgIpc) is 2.82. The second kappa shape index (κ2) is 5.19. The van der Waals surface area contributed by atoms with E-state index in [1.165, 1.54) is 15.3 Å². The molecule has 1 unspecified atom stereocenters. The van der Waals surface area contributed by atoms with Crippen molar-refractivity contribution in [1.82, 2.24) is 0 Å². The topological polar surface area (TPSA) is 0 Å². The van der Waals surface area contributed by atoms with Crippen LogP contribution in [0.3, 0.4) is 0 Å². The maximum atomic E-state index is 3.72. The zero-order valence-corrected chi connectivity index (χ0v) is 11.5. The number of hydrogen-bond acceptors (Lipinski definition) is 2. The Morgan fingerprint density at radius 1 is 1.20 bits per heavy atom. The predicted molar refractivity (Wildman–Crippen MR) is 73.3 cm³/mol. The molecule has 0 radical (unpaired) electrons. The number of halogens is 1. The first-order valence-corrected chi connectivity index (χ1v) is 7.64. The molecule has 0 aliphatic carbocycles. The third kappa shape index (κ3) is 2.65. The highest BCUT2D eigenvalue weighted by molar-refractivity contribution is 9.09. The zero-order chi connectivity index (χ0) is 10.7. The van der Waals surface area contributed by atoms with Gasteiger partial charge in [0.05, 0.1) is 4.83 Å². The number of hydrogen-bond donors (Lipinski definition) is 0. The van der Waals surface area contributed by atoms with Gasteiger partial charge < -0.3 is 0 Å². The second-order valence-corrected chi connectivity index (χ2v) is 5.93. The summed E-state index contributed by atoms with van der Waals surface area (Å²) in [6, 6.07) is 13.0. The van der Waals surface area contributed by atoms with Crippen molar-refractivity contribution in [3.8, 4) is 0 Å². The summed E-state index contributed by atoms with van der Waals surface area (Å²) in [4.78, 5) is 2.99. The molecule has 0 amide bonds. The molecular weight excluding hydrogens is 288 g/mol. The lowest BCUT2D eigenvalue weighted by Crippen LogP contribution is -1.88. The van der Waals surface area contributed by atoms with Crippen LogP contribution in [0.2, 0.25) is 0 Å². The molecule has 0 aliphatic heterocycles. The van der Waals surface area contributed by atoms with Gasteiger partial charge in [-0.3, -0.25) is 0 Å². The van der Waals surface area contributed by atoms with Crippen molar-refractivity contribution < 1.29 is 0 Å². The molecule has 0 fully saturated rings. The third-order valence-electron chi connectivity index (χ3n) is 2.20. The van der Waals surface area contributed by atoms with Gasteiger partial charge in [-0.25, -0.2) is 0 Å². The first-order chi connectivity index (χ1) is 7.31.